The van der Waals surface area contributed by atoms with Crippen LogP contribution in [0.1, 0.15) is 12.0 Å². The van der Waals surface area contributed by atoms with Crippen molar-refractivity contribution in [3.8, 4) is 0 Å². The summed E-state index contributed by atoms with van der Waals surface area (Å²) in [5, 5.41) is 3.63. The number of carbonyl (C=O) groups is 1. The van der Waals surface area contributed by atoms with Crippen molar-refractivity contribution in [3.63, 3.8) is 0 Å². The monoisotopic (exact) mass is 442 g/mol. The van der Waals surface area contributed by atoms with Gasteiger partial charge in [-0.3, -0.25) is 14.2 Å². The van der Waals surface area contributed by atoms with Gasteiger partial charge in [0.05, 0.1) is 23.7 Å². The van der Waals surface area contributed by atoms with E-state index < -0.39 is 0 Å². The van der Waals surface area contributed by atoms with E-state index >= 15 is 0 Å². The molecule has 0 aliphatic rings. The van der Waals surface area contributed by atoms with E-state index in [9.17, 15) is 9.59 Å². The first kappa shape index (κ1) is 17.9. The highest BCUT2D eigenvalue weighted by molar-refractivity contribution is 9.10. The number of aryl methyl sites for hydroxylation is 1. The Morgan fingerprint density at radius 2 is 2.04 bits per heavy atom. The number of fused-ring (bicyclic) bond motifs is 2. The minimum atomic E-state index is -0.341. The smallest absolute Gasteiger partial charge is 0.307 e. The standard InChI is InChI=1S/C20H15BrN2O3S/c21-14-5-6-17-16(9-14)20(25)23(12-22-17)8-7-19(24)26-10-13-11-27-18-4-2-1-3-15(13)18/h1-6,9,11-12H,7-8,10H2. The second-order valence-corrected chi connectivity index (χ2v) is 7.90. The van der Waals surface area contributed by atoms with Crippen LogP contribution in [0.4, 0.5) is 0 Å². The number of aromatic nitrogens is 2. The van der Waals surface area contributed by atoms with E-state index in [-0.39, 0.29) is 31.1 Å². The third-order valence-electron chi connectivity index (χ3n) is 4.29. The van der Waals surface area contributed by atoms with Gasteiger partial charge in [-0.15, -0.1) is 11.3 Å². The highest BCUT2D eigenvalue weighted by atomic mass is 79.9. The molecule has 2 aromatic heterocycles. The van der Waals surface area contributed by atoms with E-state index in [0.717, 1.165) is 15.4 Å². The van der Waals surface area contributed by atoms with Crippen LogP contribution in [0.3, 0.4) is 0 Å². The molecule has 0 radical (unpaired) electrons. The topological polar surface area (TPSA) is 61.2 Å². The molecule has 4 rings (SSSR count). The van der Waals surface area contributed by atoms with Gasteiger partial charge >= 0.3 is 5.97 Å². The molecule has 4 aromatic rings. The molecule has 0 saturated heterocycles. The van der Waals surface area contributed by atoms with Gasteiger partial charge in [-0.2, -0.15) is 0 Å². The lowest BCUT2D eigenvalue weighted by molar-refractivity contribution is -0.145. The van der Waals surface area contributed by atoms with Crippen molar-refractivity contribution in [1.29, 1.82) is 0 Å². The largest absolute Gasteiger partial charge is 0.461 e. The third kappa shape index (κ3) is 3.79. The molecule has 0 atom stereocenters. The molecule has 0 unspecified atom stereocenters. The molecule has 5 nitrogen and oxygen atoms in total. The summed E-state index contributed by atoms with van der Waals surface area (Å²) in [6.45, 7) is 0.470. The number of carbonyl (C=O) groups excluding carboxylic acids is 1. The summed E-state index contributed by atoms with van der Waals surface area (Å²) < 4.78 is 8.81. The number of hydrogen-bond acceptors (Lipinski definition) is 5. The zero-order valence-electron chi connectivity index (χ0n) is 14.2. The van der Waals surface area contributed by atoms with Gasteiger partial charge in [0.15, 0.2) is 0 Å². The number of halogens is 1. The Kier molecular flexibility index (Phi) is 5.05. The molecular weight excluding hydrogens is 428 g/mol. The molecule has 7 heteroatoms. The van der Waals surface area contributed by atoms with Gasteiger partial charge in [-0.1, -0.05) is 34.1 Å². The molecule has 2 aromatic carbocycles. The van der Waals surface area contributed by atoms with E-state index in [4.69, 9.17) is 4.74 Å². The van der Waals surface area contributed by atoms with Gasteiger partial charge in [-0.05, 0) is 35.0 Å². The molecule has 0 spiro atoms. The van der Waals surface area contributed by atoms with E-state index in [1.807, 2.05) is 35.7 Å². The molecular formula is C20H15BrN2O3S. The minimum absolute atomic E-state index is 0.114. The van der Waals surface area contributed by atoms with Crippen LogP contribution in [0.5, 0.6) is 0 Å². The number of hydrogen-bond donors (Lipinski definition) is 0. The van der Waals surface area contributed by atoms with Gasteiger partial charge in [0.25, 0.3) is 5.56 Å². The first-order valence-electron chi connectivity index (χ1n) is 8.37. The van der Waals surface area contributed by atoms with Crippen LogP contribution < -0.4 is 5.56 Å². The Hall–Kier alpha value is -2.51. The molecule has 27 heavy (non-hydrogen) atoms. The SMILES string of the molecule is O=C(CCn1cnc2ccc(Br)cc2c1=O)OCc1csc2ccccc12. The Balaban J connectivity index is 1.41. The zero-order chi connectivity index (χ0) is 18.8. The number of esters is 1. The number of nitrogens with zero attached hydrogens (tertiary/aromatic N) is 2. The number of rotatable bonds is 5. The lowest BCUT2D eigenvalue weighted by Gasteiger charge is -2.07. The Morgan fingerprint density at radius 1 is 1.19 bits per heavy atom. The Labute approximate surface area is 167 Å². The van der Waals surface area contributed by atoms with E-state index in [1.165, 1.54) is 15.6 Å². The van der Waals surface area contributed by atoms with Crippen molar-refractivity contribution in [2.45, 2.75) is 19.6 Å². The van der Waals surface area contributed by atoms with Crippen molar-refractivity contribution < 1.29 is 9.53 Å². The van der Waals surface area contributed by atoms with Crippen LogP contribution in [-0.2, 0) is 22.7 Å². The quantitative estimate of drug-likeness (QED) is 0.426. The van der Waals surface area contributed by atoms with Crippen LogP contribution in [-0.4, -0.2) is 15.5 Å². The summed E-state index contributed by atoms with van der Waals surface area (Å²) in [6.07, 6.45) is 1.58. The second-order valence-electron chi connectivity index (χ2n) is 6.07. The summed E-state index contributed by atoms with van der Waals surface area (Å²) in [6, 6.07) is 13.4. The van der Waals surface area contributed by atoms with Crippen LogP contribution in [0.15, 0.2) is 63.4 Å². The van der Waals surface area contributed by atoms with Gasteiger partial charge in [-0.25, -0.2) is 4.98 Å². The molecule has 136 valence electrons. The van der Waals surface area contributed by atoms with Crippen LogP contribution in [0.2, 0.25) is 0 Å². The molecule has 2 heterocycles. The van der Waals surface area contributed by atoms with Crippen LogP contribution in [0.25, 0.3) is 21.0 Å². The summed E-state index contributed by atoms with van der Waals surface area (Å²) in [7, 11) is 0. The summed E-state index contributed by atoms with van der Waals surface area (Å²) >= 11 is 4.99. The van der Waals surface area contributed by atoms with Gasteiger partial charge in [0.1, 0.15) is 6.61 Å². The molecule has 0 fully saturated rings. The molecule has 0 saturated carbocycles. The first-order valence-corrected chi connectivity index (χ1v) is 10.0. The lowest BCUT2D eigenvalue weighted by atomic mass is 10.2. The maximum atomic E-state index is 12.5. The highest BCUT2D eigenvalue weighted by Crippen LogP contribution is 2.26. The minimum Gasteiger partial charge on any atom is -0.461 e. The average Bonchev–Trinajstić information content (AvgIpc) is 3.09. The fourth-order valence-corrected chi connectivity index (χ4v) is 4.19. The fourth-order valence-electron chi connectivity index (χ4n) is 2.88. The third-order valence-corrected chi connectivity index (χ3v) is 5.80. The van der Waals surface area contributed by atoms with Crippen molar-refractivity contribution in [3.05, 3.63) is 74.6 Å². The maximum absolute atomic E-state index is 12.5. The summed E-state index contributed by atoms with van der Waals surface area (Å²) in [5.74, 6) is -0.341. The zero-order valence-corrected chi connectivity index (χ0v) is 16.6. The van der Waals surface area contributed by atoms with E-state index in [2.05, 4.69) is 20.9 Å². The normalized spacial score (nSPS) is 11.1. The number of ether oxygens (including phenoxy) is 1. The predicted octanol–water partition coefficient (Wildman–Crippen LogP) is 4.51. The maximum Gasteiger partial charge on any atom is 0.307 e. The van der Waals surface area contributed by atoms with Crippen molar-refractivity contribution in [2.24, 2.45) is 0 Å². The van der Waals surface area contributed by atoms with Gasteiger partial charge < -0.3 is 4.74 Å². The van der Waals surface area contributed by atoms with Gasteiger partial charge in [0.2, 0.25) is 0 Å². The lowest BCUT2D eigenvalue weighted by Crippen LogP contribution is -2.22. The average molecular weight is 443 g/mol. The Bertz CT molecular complexity index is 1200. The highest BCUT2D eigenvalue weighted by Gasteiger charge is 2.10. The molecule has 0 aliphatic carbocycles. The van der Waals surface area contributed by atoms with Gasteiger partial charge in [0, 0.05) is 21.3 Å². The molecule has 0 aliphatic heterocycles. The summed E-state index contributed by atoms with van der Waals surface area (Å²) in [4.78, 5) is 28.9. The first-order chi connectivity index (χ1) is 13.1. The predicted molar refractivity (Wildman–Crippen MR) is 110 cm³/mol. The van der Waals surface area contributed by atoms with Crippen LogP contribution in [0, 0.1) is 0 Å². The van der Waals surface area contributed by atoms with E-state index in [1.54, 1.807) is 23.5 Å². The Morgan fingerprint density at radius 3 is 2.93 bits per heavy atom. The molecule has 0 N–H and O–H groups in total. The van der Waals surface area contributed by atoms with Crippen molar-refractivity contribution >= 4 is 54.2 Å². The second kappa shape index (κ2) is 7.62. The van der Waals surface area contributed by atoms with Crippen molar-refractivity contribution in [2.75, 3.05) is 0 Å². The molecule has 0 amide bonds. The number of thiophene rings is 1. The summed E-state index contributed by atoms with van der Waals surface area (Å²) in [5.41, 5.74) is 1.46. The number of benzene rings is 2. The fraction of sp³-hybridized carbons (Fsp3) is 0.150. The van der Waals surface area contributed by atoms with Crippen molar-refractivity contribution in [1.82, 2.24) is 9.55 Å². The molecule has 0 bridgehead atoms. The van der Waals surface area contributed by atoms with E-state index in [0.29, 0.717) is 10.9 Å². The van der Waals surface area contributed by atoms with Crippen LogP contribution >= 0.6 is 27.3 Å².